The van der Waals surface area contributed by atoms with Crippen LogP contribution in [0.15, 0.2) is 48.8 Å². The Labute approximate surface area is 176 Å². The van der Waals surface area contributed by atoms with Crippen LogP contribution in [0.1, 0.15) is 11.1 Å². The van der Waals surface area contributed by atoms with Gasteiger partial charge in [0.2, 0.25) is 0 Å². The maximum Gasteiger partial charge on any atom is 0.416 e. The Morgan fingerprint density at radius 2 is 1.84 bits per heavy atom. The molecule has 0 aliphatic carbocycles. The number of rotatable bonds is 3. The molecule has 2 saturated heterocycles. The zero-order valence-corrected chi connectivity index (χ0v) is 16.6. The summed E-state index contributed by atoms with van der Waals surface area (Å²) in [6.07, 6.45) is -2.03. The molecule has 3 aromatic rings. The molecule has 31 heavy (non-hydrogen) atoms. The van der Waals surface area contributed by atoms with Gasteiger partial charge in [-0.25, -0.2) is 9.78 Å². The first-order valence-electron chi connectivity index (χ1n) is 10.1. The molecule has 2 aliphatic rings. The molecule has 4 heterocycles. The summed E-state index contributed by atoms with van der Waals surface area (Å²) >= 11 is 0. The smallest absolute Gasteiger partial charge is 0.416 e. The Kier molecular flexibility index (Phi) is 4.65. The molecular formula is C22H21F3N4O2. The molecular weight excluding hydrogens is 409 g/mol. The number of amides is 1. The van der Waals surface area contributed by atoms with Crippen molar-refractivity contribution in [1.29, 1.82) is 0 Å². The van der Waals surface area contributed by atoms with Crippen LogP contribution in [0.3, 0.4) is 0 Å². The van der Waals surface area contributed by atoms with Gasteiger partial charge in [0.15, 0.2) is 0 Å². The van der Waals surface area contributed by atoms with Crippen molar-refractivity contribution in [2.75, 3.05) is 26.2 Å². The Morgan fingerprint density at radius 1 is 1.10 bits per heavy atom. The molecule has 9 heteroatoms. The second kappa shape index (κ2) is 7.26. The quantitative estimate of drug-likeness (QED) is 0.681. The number of alkyl halides is 3. The zero-order valence-electron chi connectivity index (χ0n) is 16.6. The van der Waals surface area contributed by atoms with Gasteiger partial charge in [0.1, 0.15) is 5.65 Å². The number of aromatic nitrogens is 2. The summed E-state index contributed by atoms with van der Waals surface area (Å²) in [6.45, 7) is 2.33. The van der Waals surface area contributed by atoms with Crippen LogP contribution >= 0.6 is 0 Å². The van der Waals surface area contributed by atoms with Crippen molar-refractivity contribution in [1.82, 2.24) is 19.2 Å². The van der Waals surface area contributed by atoms with Gasteiger partial charge in [0.05, 0.1) is 17.5 Å². The topological polar surface area (TPSA) is 61.1 Å². The van der Waals surface area contributed by atoms with E-state index in [1.54, 1.807) is 35.0 Å². The van der Waals surface area contributed by atoms with Crippen LogP contribution in [0.5, 0.6) is 0 Å². The van der Waals surface area contributed by atoms with Gasteiger partial charge in [-0.3, -0.25) is 9.30 Å². The van der Waals surface area contributed by atoms with Crippen molar-refractivity contribution in [2.24, 2.45) is 11.8 Å². The van der Waals surface area contributed by atoms with E-state index >= 15 is 0 Å². The second-order valence-electron chi connectivity index (χ2n) is 8.34. The van der Waals surface area contributed by atoms with Crippen LogP contribution in [0, 0.1) is 11.8 Å². The Hall–Kier alpha value is -3.07. The molecule has 2 unspecified atom stereocenters. The summed E-state index contributed by atoms with van der Waals surface area (Å²) < 4.78 is 43.5. The first-order chi connectivity index (χ1) is 14.8. The Balaban J connectivity index is 1.41. The van der Waals surface area contributed by atoms with E-state index < -0.39 is 17.8 Å². The van der Waals surface area contributed by atoms with E-state index in [9.17, 15) is 18.0 Å². The number of hydrogen-bond acceptors (Lipinski definition) is 3. The lowest BCUT2D eigenvalue weighted by molar-refractivity contribution is -0.138. The van der Waals surface area contributed by atoms with Crippen LogP contribution in [-0.2, 0) is 12.7 Å². The summed E-state index contributed by atoms with van der Waals surface area (Å²) in [5, 5.41) is 9.15. The van der Waals surface area contributed by atoms with Gasteiger partial charge in [-0.15, -0.1) is 0 Å². The molecule has 0 spiro atoms. The molecule has 0 radical (unpaired) electrons. The molecule has 2 aromatic heterocycles. The molecule has 2 fully saturated rings. The third kappa shape index (κ3) is 3.63. The number of nitrogens with zero attached hydrogens (tertiary/aromatic N) is 4. The van der Waals surface area contributed by atoms with E-state index in [1.165, 1.54) is 11.0 Å². The maximum absolute atomic E-state index is 13.9. The van der Waals surface area contributed by atoms with Crippen molar-refractivity contribution in [3.63, 3.8) is 0 Å². The summed E-state index contributed by atoms with van der Waals surface area (Å²) in [5.41, 5.74) is 1.34. The highest BCUT2D eigenvalue weighted by Gasteiger charge is 2.42. The number of fused-ring (bicyclic) bond motifs is 2. The minimum atomic E-state index is -4.47. The van der Waals surface area contributed by atoms with E-state index in [-0.39, 0.29) is 23.9 Å². The average Bonchev–Trinajstić information content (AvgIpc) is 3.40. The van der Waals surface area contributed by atoms with Crippen molar-refractivity contribution in [3.8, 4) is 11.3 Å². The SMILES string of the molecule is O=C(O)N1CC2CN(Cc3ccc(-c4cnc5ccccn45)cc3C(F)(F)F)CC2C1. The van der Waals surface area contributed by atoms with Crippen LogP contribution in [-0.4, -0.2) is 56.6 Å². The maximum atomic E-state index is 13.9. The average molecular weight is 430 g/mol. The van der Waals surface area contributed by atoms with Crippen LogP contribution in [0.4, 0.5) is 18.0 Å². The Bertz CT molecular complexity index is 1130. The highest BCUT2D eigenvalue weighted by molar-refractivity contribution is 5.66. The fourth-order valence-electron chi connectivity index (χ4n) is 4.90. The molecule has 2 atom stereocenters. The normalized spacial score (nSPS) is 21.7. The van der Waals surface area contributed by atoms with Crippen LogP contribution in [0.2, 0.25) is 0 Å². The van der Waals surface area contributed by atoms with Gasteiger partial charge in [-0.1, -0.05) is 18.2 Å². The first kappa shape index (κ1) is 19.9. The van der Waals surface area contributed by atoms with E-state index in [1.807, 2.05) is 17.0 Å². The van der Waals surface area contributed by atoms with Gasteiger partial charge in [0, 0.05) is 44.5 Å². The molecule has 1 amide bonds. The predicted molar refractivity (Wildman–Crippen MR) is 107 cm³/mol. The van der Waals surface area contributed by atoms with Crippen molar-refractivity contribution in [3.05, 3.63) is 59.9 Å². The third-order valence-corrected chi connectivity index (χ3v) is 6.35. The molecule has 6 nitrogen and oxygen atoms in total. The minimum Gasteiger partial charge on any atom is -0.465 e. The van der Waals surface area contributed by atoms with Crippen LogP contribution < -0.4 is 0 Å². The lowest BCUT2D eigenvalue weighted by atomic mass is 10.0. The molecule has 162 valence electrons. The predicted octanol–water partition coefficient (Wildman–Crippen LogP) is 4.06. The fraction of sp³-hybridized carbons (Fsp3) is 0.364. The van der Waals surface area contributed by atoms with E-state index in [0.29, 0.717) is 43.1 Å². The molecule has 1 aromatic carbocycles. The number of carboxylic acid groups (broad SMARTS) is 1. The lowest BCUT2D eigenvalue weighted by Crippen LogP contribution is -2.32. The number of benzene rings is 1. The minimum absolute atomic E-state index is 0.183. The van der Waals surface area contributed by atoms with Gasteiger partial charge < -0.3 is 10.0 Å². The summed E-state index contributed by atoms with van der Waals surface area (Å²) in [7, 11) is 0. The number of imidazole rings is 1. The monoisotopic (exact) mass is 430 g/mol. The fourth-order valence-corrected chi connectivity index (χ4v) is 4.90. The van der Waals surface area contributed by atoms with Crippen LogP contribution in [0.25, 0.3) is 16.9 Å². The number of halogens is 3. The summed E-state index contributed by atoms with van der Waals surface area (Å²) in [4.78, 5) is 18.8. The number of carbonyl (C=O) groups is 1. The lowest BCUT2D eigenvalue weighted by Gasteiger charge is -2.22. The molecule has 0 bridgehead atoms. The van der Waals surface area contributed by atoms with Gasteiger partial charge in [-0.2, -0.15) is 13.2 Å². The second-order valence-corrected chi connectivity index (χ2v) is 8.34. The highest BCUT2D eigenvalue weighted by atomic mass is 19.4. The Morgan fingerprint density at radius 3 is 2.52 bits per heavy atom. The molecule has 2 aliphatic heterocycles. The van der Waals surface area contributed by atoms with Crippen molar-refractivity contribution < 1.29 is 23.1 Å². The van der Waals surface area contributed by atoms with Gasteiger partial charge in [-0.05, 0) is 35.6 Å². The van der Waals surface area contributed by atoms with E-state index in [2.05, 4.69) is 4.98 Å². The summed E-state index contributed by atoms with van der Waals surface area (Å²) in [5.74, 6) is 0.366. The van der Waals surface area contributed by atoms with Crippen molar-refractivity contribution >= 4 is 11.7 Å². The largest absolute Gasteiger partial charge is 0.465 e. The standard InChI is InChI=1S/C22H21F3N4O2/c23-22(24,25)18-7-14(19-8-26-20-3-1-2-6-29(19)20)4-5-15(18)9-27-10-16-12-28(21(30)31)13-17(16)11-27/h1-8,16-17H,9-13H2,(H,30,31). The van der Waals surface area contributed by atoms with E-state index in [4.69, 9.17) is 5.11 Å². The molecule has 1 N–H and O–H groups in total. The van der Waals surface area contributed by atoms with E-state index in [0.717, 1.165) is 0 Å². The number of pyridine rings is 1. The third-order valence-electron chi connectivity index (χ3n) is 6.35. The van der Waals surface area contributed by atoms with Gasteiger partial charge in [0.25, 0.3) is 0 Å². The first-order valence-corrected chi connectivity index (χ1v) is 10.1. The number of likely N-dealkylation sites (tertiary alicyclic amines) is 2. The van der Waals surface area contributed by atoms with Gasteiger partial charge >= 0.3 is 12.3 Å². The highest BCUT2D eigenvalue weighted by Crippen LogP contribution is 2.37. The van der Waals surface area contributed by atoms with Crippen molar-refractivity contribution in [2.45, 2.75) is 12.7 Å². The number of hydrogen-bond donors (Lipinski definition) is 1. The molecule has 5 rings (SSSR count). The summed E-state index contributed by atoms with van der Waals surface area (Å²) in [6, 6.07) is 9.92. The molecule has 0 saturated carbocycles. The zero-order chi connectivity index (χ0) is 21.8.